The normalized spacial score (nSPS) is 10.9. The van der Waals surface area contributed by atoms with Crippen molar-refractivity contribution in [1.82, 2.24) is 5.32 Å². The monoisotopic (exact) mass is 394 g/mol. The molecule has 0 radical (unpaired) electrons. The maximum atomic E-state index is 11.5. The third kappa shape index (κ3) is 6.83. The molecular weight excluding hydrogens is 364 g/mol. The van der Waals surface area contributed by atoms with Crippen molar-refractivity contribution in [3.63, 3.8) is 0 Å². The number of nitriles is 1. The van der Waals surface area contributed by atoms with Gasteiger partial charge in [-0.3, -0.25) is 4.79 Å². The quantitative estimate of drug-likeness (QED) is 0.634. The molecule has 0 heterocycles. The van der Waals surface area contributed by atoms with Crippen molar-refractivity contribution in [2.45, 2.75) is 52.5 Å². The van der Waals surface area contributed by atoms with Crippen LogP contribution >= 0.6 is 0 Å². The van der Waals surface area contributed by atoms with E-state index in [0.717, 1.165) is 17.7 Å². The SMILES string of the molecule is CCc1ccc(OCCOc2ccccc2CNC(=O)CC#N)c(C(C)(C)C)c1. The number of rotatable bonds is 9. The second-order valence-corrected chi connectivity index (χ2v) is 7.85. The van der Waals surface area contributed by atoms with Gasteiger partial charge in [-0.1, -0.05) is 58.0 Å². The zero-order valence-corrected chi connectivity index (χ0v) is 17.7. The molecule has 0 aromatic heterocycles. The highest BCUT2D eigenvalue weighted by Gasteiger charge is 2.19. The molecule has 1 N–H and O–H groups in total. The fraction of sp³-hybridized carbons (Fsp3) is 0.417. The molecule has 0 aliphatic heterocycles. The number of para-hydroxylation sites is 1. The van der Waals surface area contributed by atoms with E-state index in [9.17, 15) is 4.79 Å². The van der Waals surface area contributed by atoms with E-state index < -0.39 is 0 Å². The van der Waals surface area contributed by atoms with Crippen molar-refractivity contribution in [3.05, 3.63) is 59.2 Å². The van der Waals surface area contributed by atoms with Crippen LogP contribution in [0.4, 0.5) is 0 Å². The van der Waals surface area contributed by atoms with E-state index >= 15 is 0 Å². The zero-order chi connectivity index (χ0) is 21.3. The molecule has 5 heteroatoms. The van der Waals surface area contributed by atoms with Crippen LogP contribution < -0.4 is 14.8 Å². The lowest BCUT2D eigenvalue weighted by molar-refractivity contribution is -0.120. The van der Waals surface area contributed by atoms with Crippen LogP contribution in [0.2, 0.25) is 0 Å². The Kier molecular flexibility index (Phi) is 8.09. The van der Waals surface area contributed by atoms with Gasteiger partial charge in [0.2, 0.25) is 5.91 Å². The lowest BCUT2D eigenvalue weighted by Gasteiger charge is -2.24. The molecule has 29 heavy (non-hydrogen) atoms. The molecule has 5 nitrogen and oxygen atoms in total. The van der Waals surface area contributed by atoms with Crippen molar-refractivity contribution in [3.8, 4) is 17.6 Å². The maximum Gasteiger partial charge on any atom is 0.234 e. The molecule has 0 spiro atoms. The second-order valence-electron chi connectivity index (χ2n) is 7.85. The average molecular weight is 395 g/mol. The molecule has 2 rings (SSSR count). The van der Waals surface area contributed by atoms with Gasteiger partial charge in [-0.05, 0) is 35.1 Å². The smallest absolute Gasteiger partial charge is 0.234 e. The Morgan fingerprint density at radius 1 is 1.07 bits per heavy atom. The van der Waals surface area contributed by atoms with Crippen molar-refractivity contribution < 1.29 is 14.3 Å². The third-order valence-electron chi connectivity index (χ3n) is 4.55. The van der Waals surface area contributed by atoms with E-state index in [1.54, 1.807) is 0 Å². The van der Waals surface area contributed by atoms with Crippen LogP contribution in [0.5, 0.6) is 11.5 Å². The number of amides is 1. The minimum atomic E-state index is -0.295. The van der Waals surface area contributed by atoms with Gasteiger partial charge >= 0.3 is 0 Å². The first-order valence-electron chi connectivity index (χ1n) is 9.95. The van der Waals surface area contributed by atoms with Gasteiger partial charge in [0.15, 0.2) is 0 Å². The van der Waals surface area contributed by atoms with Gasteiger partial charge < -0.3 is 14.8 Å². The van der Waals surface area contributed by atoms with E-state index in [1.165, 1.54) is 11.1 Å². The standard InChI is InChI=1S/C24H30N2O3/c1-5-18-10-11-22(20(16-18)24(2,3)4)29-15-14-28-21-9-7-6-8-19(21)17-26-23(27)12-13-25/h6-11,16H,5,12,14-15,17H2,1-4H3,(H,26,27). The minimum absolute atomic E-state index is 0.00436. The highest BCUT2D eigenvalue weighted by molar-refractivity contribution is 5.78. The first kappa shape index (κ1) is 22.3. The molecule has 2 aromatic carbocycles. The number of hydrogen-bond donors (Lipinski definition) is 1. The average Bonchev–Trinajstić information content (AvgIpc) is 2.70. The largest absolute Gasteiger partial charge is 0.490 e. The lowest BCUT2D eigenvalue weighted by Crippen LogP contribution is -2.22. The number of benzene rings is 2. The Morgan fingerprint density at radius 2 is 1.76 bits per heavy atom. The number of aryl methyl sites for hydroxylation is 1. The third-order valence-corrected chi connectivity index (χ3v) is 4.55. The van der Waals surface area contributed by atoms with Crippen LogP contribution in [-0.4, -0.2) is 19.1 Å². The zero-order valence-electron chi connectivity index (χ0n) is 17.7. The predicted octanol–water partition coefficient (Wildman–Crippen LogP) is 4.53. The van der Waals surface area contributed by atoms with E-state index in [4.69, 9.17) is 14.7 Å². The summed E-state index contributed by atoms with van der Waals surface area (Å²) in [6.45, 7) is 9.83. The molecule has 0 aliphatic carbocycles. The molecule has 1 amide bonds. The molecule has 0 saturated carbocycles. The van der Waals surface area contributed by atoms with Crippen molar-refractivity contribution >= 4 is 5.91 Å². The molecular formula is C24H30N2O3. The van der Waals surface area contributed by atoms with E-state index in [-0.39, 0.29) is 17.7 Å². The predicted molar refractivity (Wildman–Crippen MR) is 114 cm³/mol. The van der Waals surface area contributed by atoms with Crippen molar-refractivity contribution in [1.29, 1.82) is 5.26 Å². The summed E-state index contributed by atoms with van der Waals surface area (Å²) in [5, 5.41) is 11.3. The van der Waals surface area contributed by atoms with Crippen LogP contribution in [0.15, 0.2) is 42.5 Å². The summed E-state index contributed by atoms with van der Waals surface area (Å²) in [5.74, 6) is 1.29. The maximum absolute atomic E-state index is 11.5. The van der Waals surface area contributed by atoms with E-state index in [1.807, 2.05) is 36.4 Å². The Bertz CT molecular complexity index is 863. The van der Waals surface area contributed by atoms with Gasteiger partial charge in [-0.15, -0.1) is 0 Å². The van der Waals surface area contributed by atoms with Gasteiger partial charge in [-0.25, -0.2) is 0 Å². The molecule has 2 aromatic rings. The Labute approximate surface area is 173 Å². The van der Waals surface area contributed by atoms with Gasteiger partial charge in [0.05, 0.1) is 6.07 Å². The molecule has 0 aliphatic rings. The van der Waals surface area contributed by atoms with Gasteiger partial charge in [0.25, 0.3) is 0 Å². The molecule has 0 unspecified atom stereocenters. The Hall–Kier alpha value is -3.00. The number of carbonyl (C=O) groups is 1. The van der Waals surface area contributed by atoms with Gasteiger partial charge in [-0.2, -0.15) is 5.26 Å². The van der Waals surface area contributed by atoms with Gasteiger partial charge in [0, 0.05) is 12.1 Å². The fourth-order valence-corrected chi connectivity index (χ4v) is 2.93. The van der Waals surface area contributed by atoms with Crippen LogP contribution in [0.3, 0.4) is 0 Å². The molecule has 0 bridgehead atoms. The van der Waals surface area contributed by atoms with Crippen molar-refractivity contribution in [2.24, 2.45) is 0 Å². The Balaban J connectivity index is 1.95. The summed E-state index contributed by atoms with van der Waals surface area (Å²) in [6.07, 6.45) is 0.845. The summed E-state index contributed by atoms with van der Waals surface area (Å²) >= 11 is 0. The van der Waals surface area contributed by atoms with Crippen LogP contribution in [0.1, 0.15) is 50.8 Å². The summed E-state index contributed by atoms with van der Waals surface area (Å²) < 4.78 is 11.9. The van der Waals surface area contributed by atoms with Crippen LogP contribution in [0, 0.1) is 11.3 Å². The number of nitrogens with one attached hydrogen (secondary N) is 1. The first-order valence-corrected chi connectivity index (χ1v) is 9.95. The molecule has 0 fully saturated rings. The van der Waals surface area contributed by atoms with Crippen LogP contribution in [0.25, 0.3) is 0 Å². The van der Waals surface area contributed by atoms with E-state index in [0.29, 0.717) is 25.5 Å². The first-order chi connectivity index (χ1) is 13.8. The fourth-order valence-electron chi connectivity index (χ4n) is 2.93. The van der Waals surface area contributed by atoms with E-state index in [2.05, 4.69) is 45.1 Å². The number of nitrogens with zero attached hydrogens (tertiary/aromatic N) is 1. The number of ether oxygens (including phenoxy) is 2. The molecule has 0 atom stereocenters. The second kappa shape index (κ2) is 10.5. The Morgan fingerprint density at radius 3 is 2.41 bits per heavy atom. The van der Waals surface area contributed by atoms with Crippen molar-refractivity contribution in [2.75, 3.05) is 13.2 Å². The lowest BCUT2D eigenvalue weighted by atomic mass is 9.85. The summed E-state index contributed by atoms with van der Waals surface area (Å²) in [6, 6.07) is 15.7. The minimum Gasteiger partial charge on any atom is -0.490 e. The summed E-state index contributed by atoms with van der Waals surface area (Å²) in [5.41, 5.74) is 3.35. The highest BCUT2D eigenvalue weighted by atomic mass is 16.5. The topological polar surface area (TPSA) is 71.3 Å². The number of hydrogen-bond acceptors (Lipinski definition) is 4. The van der Waals surface area contributed by atoms with Crippen LogP contribution in [-0.2, 0) is 23.2 Å². The van der Waals surface area contributed by atoms with Gasteiger partial charge in [0.1, 0.15) is 31.1 Å². The highest BCUT2D eigenvalue weighted by Crippen LogP contribution is 2.32. The molecule has 154 valence electrons. The number of carbonyl (C=O) groups excluding carboxylic acids is 1. The summed E-state index contributed by atoms with van der Waals surface area (Å²) in [7, 11) is 0. The summed E-state index contributed by atoms with van der Waals surface area (Å²) in [4.78, 5) is 11.5. The molecule has 0 saturated heterocycles.